The first-order chi connectivity index (χ1) is 15.2. The molecule has 6 N–H and O–H groups in total. The molecule has 3 aromatic rings. The van der Waals surface area contributed by atoms with Crippen LogP contribution in [-0.4, -0.2) is 53.7 Å². The summed E-state index contributed by atoms with van der Waals surface area (Å²) in [5.41, 5.74) is 6.43. The van der Waals surface area contributed by atoms with Gasteiger partial charge in [0.15, 0.2) is 0 Å². The van der Waals surface area contributed by atoms with Crippen LogP contribution in [0.1, 0.15) is 24.4 Å². The molecule has 1 fully saturated rings. The fourth-order valence-corrected chi connectivity index (χ4v) is 4.90. The molecule has 1 aliphatic heterocycles. The Balaban J connectivity index is 1.92. The number of H-pyrrole nitrogens is 1. The number of aromatic nitrogens is 3. The average molecular weight is 478 g/mol. The first kappa shape index (κ1) is 22.6. The van der Waals surface area contributed by atoms with Crippen molar-refractivity contribution < 1.29 is 13.2 Å². The Morgan fingerprint density at radius 3 is 2.53 bits per heavy atom. The van der Waals surface area contributed by atoms with Crippen molar-refractivity contribution in [3.05, 3.63) is 53.4 Å². The number of carbonyl (C=O) groups excluding carboxylic acids is 1. The van der Waals surface area contributed by atoms with Gasteiger partial charge in [-0.15, -0.1) is 0 Å². The molecule has 1 aliphatic rings. The second-order valence-electron chi connectivity index (χ2n) is 7.92. The number of anilines is 1. The summed E-state index contributed by atoms with van der Waals surface area (Å²) in [4.78, 5) is 26.9. The van der Waals surface area contributed by atoms with Gasteiger partial charge in [-0.2, -0.15) is 0 Å². The number of piperidine rings is 1. The van der Waals surface area contributed by atoms with E-state index in [1.54, 1.807) is 36.5 Å². The number of aromatic amines is 1. The molecule has 4 rings (SSSR count). The predicted octanol–water partition coefficient (Wildman–Crippen LogP) is 1.06. The molecule has 1 saturated heterocycles. The molecule has 170 valence electrons. The minimum atomic E-state index is -3.99. The highest BCUT2D eigenvalue weighted by Gasteiger charge is 2.43. The molecule has 0 radical (unpaired) electrons. The topological polar surface area (TPSA) is 160 Å². The van der Waals surface area contributed by atoms with Crippen LogP contribution in [0.5, 0.6) is 0 Å². The molecule has 0 aliphatic carbocycles. The smallest absolute Gasteiger partial charge is 0.248 e. The van der Waals surface area contributed by atoms with Crippen molar-refractivity contribution in [3.63, 3.8) is 0 Å². The van der Waals surface area contributed by atoms with Crippen molar-refractivity contribution >= 4 is 44.4 Å². The van der Waals surface area contributed by atoms with Crippen LogP contribution in [0.25, 0.3) is 11.0 Å². The maximum absolute atomic E-state index is 14.0. The number of fused-ring (bicyclic) bond motifs is 1. The van der Waals surface area contributed by atoms with Crippen LogP contribution in [0.2, 0.25) is 5.02 Å². The largest absolute Gasteiger partial charge is 0.346 e. The van der Waals surface area contributed by atoms with Crippen LogP contribution < -0.4 is 21.1 Å². The SMILES string of the molecule is NC1(C(=O)N(c2ncnc3[nH]ccc23)C(CS(N)(=O)=O)c2ccc(Cl)cc2)CCNCC1. The molecule has 12 heteroatoms. The summed E-state index contributed by atoms with van der Waals surface area (Å²) in [7, 11) is -3.99. The molecule has 3 heterocycles. The lowest BCUT2D eigenvalue weighted by Gasteiger charge is -2.40. The maximum Gasteiger partial charge on any atom is 0.248 e. The van der Waals surface area contributed by atoms with E-state index >= 15 is 0 Å². The Morgan fingerprint density at radius 1 is 1.19 bits per heavy atom. The number of halogens is 1. The lowest BCUT2D eigenvalue weighted by Crippen LogP contribution is -2.61. The van der Waals surface area contributed by atoms with E-state index in [1.807, 2.05) is 0 Å². The third-order valence-corrected chi connectivity index (χ3v) is 6.69. The lowest BCUT2D eigenvalue weighted by molar-refractivity contribution is -0.125. The van der Waals surface area contributed by atoms with E-state index in [9.17, 15) is 13.2 Å². The Hall–Kier alpha value is -2.57. The predicted molar refractivity (Wildman–Crippen MR) is 123 cm³/mol. The van der Waals surface area contributed by atoms with E-state index in [0.717, 1.165) is 0 Å². The van der Waals surface area contributed by atoms with Crippen molar-refractivity contribution in [2.24, 2.45) is 10.9 Å². The fourth-order valence-electron chi connectivity index (χ4n) is 3.99. The zero-order valence-corrected chi connectivity index (χ0v) is 18.7. The normalized spacial score (nSPS) is 17.2. The molecular formula is C20H24ClN7O3S. The van der Waals surface area contributed by atoms with Gasteiger partial charge in [-0.1, -0.05) is 23.7 Å². The average Bonchev–Trinajstić information content (AvgIpc) is 3.23. The second kappa shape index (κ2) is 8.75. The molecule has 2 aromatic heterocycles. The number of benzene rings is 1. The minimum Gasteiger partial charge on any atom is -0.346 e. The van der Waals surface area contributed by atoms with Crippen molar-refractivity contribution in [1.29, 1.82) is 0 Å². The zero-order valence-electron chi connectivity index (χ0n) is 17.2. The molecule has 1 aromatic carbocycles. The summed E-state index contributed by atoms with van der Waals surface area (Å²) >= 11 is 6.04. The summed E-state index contributed by atoms with van der Waals surface area (Å²) < 4.78 is 24.5. The zero-order chi connectivity index (χ0) is 22.9. The number of nitrogens with two attached hydrogens (primary N) is 2. The molecule has 0 bridgehead atoms. The summed E-state index contributed by atoms with van der Waals surface area (Å²) in [5.74, 6) is -0.693. The second-order valence-corrected chi connectivity index (χ2v) is 10.0. The van der Waals surface area contributed by atoms with Crippen molar-refractivity contribution in [2.75, 3.05) is 23.7 Å². The third-order valence-electron chi connectivity index (χ3n) is 5.66. The van der Waals surface area contributed by atoms with Crippen LogP contribution in [0.3, 0.4) is 0 Å². The highest BCUT2D eigenvalue weighted by atomic mass is 35.5. The maximum atomic E-state index is 14.0. The Labute approximate surface area is 190 Å². The van der Waals surface area contributed by atoms with Gasteiger partial charge in [-0.25, -0.2) is 23.5 Å². The van der Waals surface area contributed by atoms with Gasteiger partial charge in [0, 0.05) is 11.2 Å². The van der Waals surface area contributed by atoms with E-state index < -0.39 is 33.3 Å². The first-order valence-electron chi connectivity index (χ1n) is 10.1. The van der Waals surface area contributed by atoms with Crippen molar-refractivity contribution in [1.82, 2.24) is 20.3 Å². The van der Waals surface area contributed by atoms with Crippen LogP contribution in [0.4, 0.5) is 5.82 Å². The number of hydrogen-bond donors (Lipinski definition) is 4. The number of amides is 1. The number of carbonyl (C=O) groups is 1. The van der Waals surface area contributed by atoms with Gasteiger partial charge in [-0.05, 0) is 49.7 Å². The van der Waals surface area contributed by atoms with Gasteiger partial charge in [0.05, 0.1) is 22.7 Å². The van der Waals surface area contributed by atoms with Gasteiger partial charge >= 0.3 is 0 Å². The molecule has 10 nitrogen and oxygen atoms in total. The third kappa shape index (κ3) is 4.62. The fraction of sp³-hybridized carbons (Fsp3) is 0.350. The number of sulfonamides is 1. The van der Waals surface area contributed by atoms with Crippen molar-refractivity contribution in [3.8, 4) is 0 Å². The number of nitrogens with one attached hydrogen (secondary N) is 2. The first-order valence-corrected chi connectivity index (χ1v) is 12.1. The molecule has 1 unspecified atom stereocenters. The standard InChI is InChI=1S/C20H24ClN7O3S/c21-14-3-1-13(2-4-14)16(11-32(23,30)31)28(19(29)20(22)6-9-24-10-7-20)18-15-5-8-25-17(15)26-12-27-18/h1-5,8,12,16,24H,6-7,9-11,22H2,(H2,23,30,31)(H,25,26,27). The van der Waals surface area contributed by atoms with E-state index in [4.69, 9.17) is 22.5 Å². The number of nitrogens with zero attached hydrogens (tertiary/aromatic N) is 3. The number of primary sulfonamides is 1. The van der Waals surface area contributed by atoms with Crippen LogP contribution >= 0.6 is 11.6 Å². The Kier molecular flexibility index (Phi) is 6.19. The van der Waals surface area contributed by atoms with Gasteiger partial charge in [0.25, 0.3) is 0 Å². The molecular weight excluding hydrogens is 454 g/mol. The van der Waals surface area contributed by atoms with Crippen LogP contribution in [-0.2, 0) is 14.8 Å². The van der Waals surface area contributed by atoms with E-state index in [1.165, 1.54) is 11.2 Å². The minimum absolute atomic E-state index is 0.258. The quantitative estimate of drug-likeness (QED) is 0.412. The molecule has 1 amide bonds. The summed E-state index contributed by atoms with van der Waals surface area (Å²) in [5, 5.41) is 9.68. The van der Waals surface area contributed by atoms with E-state index in [-0.39, 0.29) is 5.82 Å². The Morgan fingerprint density at radius 2 is 1.88 bits per heavy atom. The molecule has 0 spiro atoms. The van der Waals surface area contributed by atoms with E-state index in [2.05, 4.69) is 20.3 Å². The highest BCUT2D eigenvalue weighted by Crippen LogP contribution is 2.35. The molecule has 1 atom stereocenters. The molecule has 0 saturated carbocycles. The Bertz CT molecular complexity index is 1220. The number of rotatable bonds is 6. The van der Waals surface area contributed by atoms with Gasteiger partial charge in [0.2, 0.25) is 15.9 Å². The summed E-state index contributed by atoms with van der Waals surface area (Å²) in [6.45, 7) is 1.14. The van der Waals surface area contributed by atoms with Crippen molar-refractivity contribution in [2.45, 2.75) is 24.4 Å². The van der Waals surface area contributed by atoms with Crippen LogP contribution in [0, 0.1) is 0 Å². The van der Waals surface area contributed by atoms with Gasteiger partial charge < -0.3 is 16.0 Å². The van der Waals surface area contributed by atoms with Crippen LogP contribution in [0.15, 0.2) is 42.9 Å². The summed E-state index contributed by atoms with van der Waals surface area (Å²) in [6, 6.07) is 7.35. The lowest BCUT2D eigenvalue weighted by atomic mass is 9.87. The monoisotopic (exact) mass is 477 g/mol. The highest BCUT2D eigenvalue weighted by molar-refractivity contribution is 7.89. The number of hydrogen-bond acceptors (Lipinski definition) is 7. The van der Waals surface area contributed by atoms with E-state index in [0.29, 0.717) is 47.6 Å². The summed E-state index contributed by atoms with van der Waals surface area (Å²) in [6.07, 6.45) is 3.78. The molecule has 32 heavy (non-hydrogen) atoms. The van der Waals surface area contributed by atoms with Gasteiger partial charge in [0.1, 0.15) is 17.8 Å². The van der Waals surface area contributed by atoms with Gasteiger partial charge in [-0.3, -0.25) is 9.69 Å².